The maximum absolute atomic E-state index is 13.3. The third-order valence-corrected chi connectivity index (χ3v) is 2.42. The van der Waals surface area contributed by atoms with Gasteiger partial charge in [0.25, 0.3) is 0 Å². The minimum Gasteiger partial charge on any atom is -0.396 e. The molecule has 5 heteroatoms. The monoisotopic (exact) mass is 276 g/mol. The van der Waals surface area contributed by atoms with Gasteiger partial charge in [-0.2, -0.15) is 0 Å². The topological polar surface area (TPSA) is 45.1 Å². The van der Waals surface area contributed by atoms with Crippen LogP contribution in [-0.2, 0) is 0 Å². The Labute approximate surface area is 96.9 Å². The van der Waals surface area contributed by atoms with Gasteiger partial charge in [0.15, 0.2) is 11.6 Å². The number of hydrogen-bond donors (Lipinski definition) is 2. The lowest BCUT2D eigenvalue weighted by Gasteiger charge is -2.14. The van der Waals surface area contributed by atoms with E-state index < -0.39 is 0 Å². The summed E-state index contributed by atoms with van der Waals surface area (Å²) in [7, 11) is 0. The Bertz CT molecular complexity index is 322. The number of nitrogens with zero attached hydrogens (tertiary/aromatic N) is 1. The van der Waals surface area contributed by atoms with E-state index in [0.29, 0.717) is 10.9 Å². The van der Waals surface area contributed by atoms with Crippen molar-refractivity contribution in [2.75, 3.05) is 11.9 Å². The first-order chi connectivity index (χ1) is 7.13. The minimum atomic E-state index is -0.375. The van der Waals surface area contributed by atoms with Crippen LogP contribution in [0.2, 0.25) is 0 Å². The molecule has 0 saturated carbocycles. The molecule has 1 unspecified atom stereocenters. The van der Waals surface area contributed by atoms with Gasteiger partial charge in [-0.1, -0.05) is 0 Å². The van der Waals surface area contributed by atoms with Gasteiger partial charge in [0.1, 0.15) is 0 Å². The maximum atomic E-state index is 13.3. The smallest absolute Gasteiger partial charge is 0.166 e. The quantitative estimate of drug-likeness (QED) is 0.869. The normalized spacial score (nSPS) is 12.5. The van der Waals surface area contributed by atoms with Crippen LogP contribution in [0.4, 0.5) is 10.2 Å². The summed E-state index contributed by atoms with van der Waals surface area (Å²) in [5.74, 6) is -0.121. The highest BCUT2D eigenvalue weighted by molar-refractivity contribution is 9.10. The molecule has 0 saturated heterocycles. The second kappa shape index (κ2) is 6.02. The van der Waals surface area contributed by atoms with Crippen LogP contribution >= 0.6 is 15.9 Å². The van der Waals surface area contributed by atoms with Crippen LogP contribution in [0.15, 0.2) is 16.7 Å². The molecule has 1 aromatic rings. The number of hydrogen-bond acceptors (Lipinski definition) is 3. The van der Waals surface area contributed by atoms with E-state index in [0.717, 1.165) is 6.42 Å². The summed E-state index contributed by atoms with van der Waals surface area (Å²) >= 11 is 3.14. The number of anilines is 1. The third kappa shape index (κ3) is 4.13. The second-order valence-electron chi connectivity index (χ2n) is 3.40. The molecular weight excluding hydrogens is 263 g/mol. The largest absolute Gasteiger partial charge is 0.396 e. The fraction of sp³-hybridized carbons (Fsp3) is 0.500. The van der Waals surface area contributed by atoms with Gasteiger partial charge in [-0.25, -0.2) is 9.37 Å². The zero-order valence-electron chi connectivity index (χ0n) is 8.50. The molecule has 0 spiro atoms. The van der Waals surface area contributed by atoms with E-state index in [4.69, 9.17) is 5.11 Å². The Balaban J connectivity index is 2.56. The predicted octanol–water partition coefficient (Wildman–Crippen LogP) is 2.56. The summed E-state index contributed by atoms with van der Waals surface area (Å²) in [6, 6.07) is 1.47. The Morgan fingerprint density at radius 2 is 2.40 bits per heavy atom. The molecule has 0 bridgehead atoms. The van der Waals surface area contributed by atoms with Gasteiger partial charge in [0.2, 0.25) is 0 Å². The van der Waals surface area contributed by atoms with Crippen molar-refractivity contribution < 1.29 is 9.50 Å². The van der Waals surface area contributed by atoms with Crippen LogP contribution in [0.25, 0.3) is 0 Å². The molecule has 84 valence electrons. The summed E-state index contributed by atoms with van der Waals surface area (Å²) in [4.78, 5) is 3.93. The number of halogens is 2. The molecule has 1 aromatic heterocycles. The van der Waals surface area contributed by atoms with Crippen LogP contribution in [0.5, 0.6) is 0 Å². The van der Waals surface area contributed by atoms with Gasteiger partial charge in [-0.15, -0.1) is 0 Å². The van der Waals surface area contributed by atoms with Gasteiger partial charge >= 0.3 is 0 Å². The molecule has 0 aliphatic carbocycles. The molecule has 3 nitrogen and oxygen atoms in total. The summed E-state index contributed by atoms with van der Waals surface area (Å²) in [5.41, 5.74) is 0. The molecule has 1 atom stereocenters. The average Bonchev–Trinajstić information content (AvgIpc) is 2.19. The first-order valence-electron chi connectivity index (χ1n) is 4.82. The van der Waals surface area contributed by atoms with Gasteiger partial charge in [0.05, 0.1) is 0 Å². The van der Waals surface area contributed by atoms with E-state index in [9.17, 15) is 4.39 Å². The number of nitrogens with one attached hydrogen (secondary N) is 1. The number of rotatable bonds is 5. The highest BCUT2D eigenvalue weighted by Crippen LogP contribution is 2.17. The second-order valence-corrected chi connectivity index (χ2v) is 4.31. The van der Waals surface area contributed by atoms with Gasteiger partial charge in [-0.05, 0) is 41.8 Å². The van der Waals surface area contributed by atoms with E-state index in [-0.39, 0.29) is 24.3 Å². The molecule has 2 N–H and O–H groups in total. The highest BCUT2D eigenvalue weighted by atomic mass is 79.9. The standard InChI is InChI=1S/C10H14BrFN2O/c1-7(3-2-4-15)14-10-9(12)5-8(11)6-13-10/h5-7,15H,2-4H2,1H3,(H,13,14). The van der Waals surface area contributed by atoms with E-state index >= 15 is 0 Å². The van der Waals surface area contributed by atoms with Crippen molar-refractivity contribution in [3.8, 4) is 0 Å². The zero-order valence-corrected chi connectivity index (χ0v) is 10.1. The van der Waals surface area contributed by atoms with Gasteiger partial charge < -0.3 is 10.4 Å². The van der Waals surface area contributed by atoms with E-state index in [1.54, 1.807) is 6.20 Å². The van der Waals surface area contributed by atoms with Crippen molar-refractivity contribution >= 4 is 21.7 Å². The summed E-state index contributed by atoms with van der Waals surface area (Å²) in [5, 5.41) is 11.6. The summed E-state index contributed by atoms with van der Waals surface area (Å²) in [6.07, 6.45) is 3.03. The van der Waals surface area contributed by atoms with Crippen molar-refractivity contribution in [2.45, 2.75) is 25.8 Å². The molecule has 1 rings (SSSR count). The lowest BCUT2D eigenvalue weighted by atomic mass is 10.2. The van der Waals surface area contributed by atoms with Crippen molar-refractivity contribution in [1.29, 1.82) is 0 Å². The Kier molecular flexibility index (Phi) is 4.98. The van der Waals surface area contributed by atoms with Crippen molar-refractivity contribution in [2.24, 2.45) is 0 Å². The van der Waals surface area contributed by atoms with Crippen LogP contribution in [0, 0.1) is 5.82 Å². The van der Waals surface area contributed by atoms with Gasteiger partial charge in [0, 0.05) is 23.3 Å². The molecule has 0 fully saturated rings. The Hall–Kier alpha value is -0.680. The first kappa shape index (κ1) is 12.4. The molecule has 0 radical (unpaired) electrons. The maximum Gasteiger partial charge on any atom is 0.166 e. The van der Waals surface area contributed by atoms with Crippen LogP contribution in [-0.4, -0.2) is 22.7 Å². The lowest BCUT2D eigenvalue weighted by molar-refractivity contribution is 0.282. The molecule has 0 amide bonds. The van der Waals surface area contributed by atoms with Gasteiger partial charge in [-0.3, -0.25) is 0 Å². The zero-order chi connectivity index (χ0) is 11.3. The van der Waals surface area contributed by atoms with Crippen LogP contribution < -0.4 is 5.32 Å². The SMILES string of the molecule is CC(CCCO)Nc1ncc(Br)cc1F. The fourth-order valence-corrected chi connectivity index (χ4v) is 1.53. The molecule has 0 aromatic carbocycles. The summed E-state index contributed by atoms with van der Waals surface area (Å²) < 4.78 is 13.9. The molecule has 15 heavy (non-hydrogen) atoms. The number of aliphatic hydroxyl groups excluding tert-OH is 1. The van der Waals surface area contributed by atoms with Crippen molar-refractivity contribution in [3.05, 3.63) is 22.6 Å². The lowest BCUT2D eigenvalue weighted by Crippen LogP contribution is -2.17. The molecule has 0 aliphatic rings. The Morgan fingerprint density at radius 3 is 3.00 bits per heavy atom. The third-order valence-electron chi connectivity index (χ3n) is 1.99. The first-order valence-corrected chi connectivity index (χ1v) is 5.61. The molecular formula is C10H14BrFN2O. The number of pyridine rings is 1. The van der Waals surface area contributed by atoms with E-state index in [2.05, 4.69) is 26.2 Å². The predicted molar refractivity (Wildman–Crippen MR) is 61.3 cm³/mol. The fourth-order valence-electron chi connectivity index (χ4n) is 1.22. The van der Waals surface area contributed by atoms with E-state index in [1.165, 1.54) is 6.07 Å². The van der Waals surface area contributed by atoms with Crippen LogP contribution in [0.3, 0.4) is 0 Å². The minimum absolute atomic E-state index is 0.0975. The average molecular weight is 277 g/mol. The van der Waals surface area contributed by atoms with E-state index in [1.807, 2.05) is 6.92 Å². The molecule has 1 heterocycles. The highest BCUT2D eigenvalue weighted by Gasteiger charge is 2.07. The number of aromatic nitrogens is 1. The van der Waals surface area contributed by atoms with Crippen LogP contribution in [0.1, 0.15) is 19.8 Å². The van der Waals surface area contributed by atoms with Crippen molar-refractivity contribution in [1.82, 2.24) is 4.98 Å². The number of aliphatic hydroxyl groups is 1. The van der Waals surface area contributed by atoms with Crippen molar-refractivity contribution in [3.63, 3.8) is 0 Å². The summed E-state index contributed by atoms with van der Waals surface area (Å²) in [6.45, 7) is 2.08. The molecule has 0 aliphatic heterocycles. The Morgan fingerprint density at radius 1 is 1.67 bits per heavy atom.